The summed E-state index contributed by atoms with van der Waals surface area (Å²) < 4.78 is 11.4. The predicted octanol–water partition coefficient (Wildman–Crippen LogP) is 4.29. The van der Waals surface area contributed by atoms with Crippen LogP contribution in [0.3, 0.4) is 0 Å². The first kappa shape index (κ1) is 16.3. The van der Waals surface area contributed by atoms with Gasteiger partial charge in [-0.05, 0) is 31.9 Å². The molecule has 3 nitrogen and oxygen atoms in total. The van der Waals surface area contributed by atoms with Crippen LogP contribution in [0.4, 0.5) is 0 Å². The number of aliphatic hydroxyl groups is 1. The number of benzene rings is 1. The summed E-state index contributed by atoms with van der Waals surface area (Å²) in [5, 5.41) is 10.4. The van der Waals surface area contributed by atoms with Crippen LogP contribution in [-0.2, 0) is 4.74 Å². The fourth-order valence-corrected chi connectivity index (χ4v) is 2.83. The summed E-state index contributed by atoms with van der Waals surface area (Å²) in [7, 11) is 0. The van der Waals surface area contributed by atoms with Gasteiger partial charge in [0.25, 0.3) is 0 Å². The number of unbranched alkanes of at least 4 members (excludes halogenated alkanes) is 5. The van der Waals surface area contributed by atoms with Gasteiger partial charge in [0, 0.05) is 0 Å². The van der Waals surface area contributed by atoms with E-state index in [2.05, 4.69) is 6.92 Å². The minimum atomic E-state index is -1.19. The van der Waals surface area contributed by atoms with Crippen molar-refractivity contribution in [1.29, 1.82) is 0 Å². The first-order valence-corrected chi connectivity index (χ1v) is 8.20. The molecule has 0 aromatic heterocycles. The molecule has 1 aromatic rings. The van der Waals surface area contributed by atoms with Gasteiger partial charge >= 0.3 is 0 Å². The molecule has 2 unspecified atom stereocenters. The summed E-state index contributed by atoms with van der Waals surface area (Å²) in [5.74, 6) is -0.390. The molecule has 1 saturated heterocycles. The molecule has 0 aliphatic carbocycles. The van der Waals surface area contributed by atoms with E-state index in [9.17, 15) is 5.11 Å². The topological polar surface area (TPSA) is 38.7 Å². The monoisotopic (exact) mass is 292 g/mol. The minimum Gasteiger partial charge on any atom is -0.479 e. The maximum absolute atomic E-state index is 10.4. The fraction of sp³-hybridized carbons (Fsp3) is 0.667. The average Bonchev–Trinajstić information content (AvgIpc) is 2.49. The molecule has 0 bridgehead atoms. The molecule has 0 radical (unpaired) electrons. The number of rotatable bonds is 9. The van der Waals surface area contributed by atoms with E-state index in [4.69, 9.17) is 9.47 Å². The summed E-state index contributed by atoms with van der Waals surface area (Å²) in [6.45, 7) is 4.39. The lowest BCUT2D eigenvalue weighted by atomic mass is 9.83. The molecular formula is C18H28O3. The van der Waals surface area contributed by atoms with Gasteiger partial charge < -0.3 is 14.6 Å². The van der Waals surface area contributed by atoms with Crippen LogP contribution in [-0.4, -0.2) is 23.1 Å². The van der Waals surface area contributed by atoms with Gasteiger partial charge in [0.05, 0.1) is 6.61 Å². The van der Waals surface area contributed by atoms with E-state index in [1.54, 1.807) is 6.92 Å². The maximum Gasteiger partial charge on any atom is 0.205 e. The molecule has 0 amide bonds. The molecule has 1 heterocycles. The lowest BCUT2D eigenvalue weighted by molar-refractivity contribution is -0.380. The van der Waals surface area contributed by atoms with Crippen molar-refractivity contribution in [1.82, 2.24) is 0 Å². The van der Waals surface area contributed by atoms with Gasteiger partial charge in [-0.25, -0.2) is 0 Å². The molecule has 1 aliphatic heterocycles. The Bertz CT molecular complexity index is 416. The normalized spacial score (nSPS) is 28.1. The van der Waals surface area contributed by atoms with Crippen LogP contribution in [0.1, 0.15) is 58.8 Å². The van der Waals surface area contributed by atoms with E-state index < -0.39 is 11.4 Å². The highest BCUT2D eigenvalue weighted by molar-refractivity contribution is 5.23. The highest BCUT2D eigenvalue weighted by atomic mass is 16.7. The third-order valence-electron chi connectivity index (χ3n) is 4.42. The Labute approximate surface area is 128 Å². The second kappa shape index (κ2) is 7.28. The number of ether oxygens (including phenoxy) is 2. The standard InChI is InChI=1S/C18H28O3/c1-3-4-5-6-7-11-14-18(15-20-17(18,2)19)21-16-12-9-8-10-13-16/h8-10,12-13,19H,3-7,11,14-15H2,1-2H3. The molecule has 3 heteroatoms. The molecule has 1 N–H and O–H groups in total. The number of hydrogen-bond acceptors (Lipinski definition) is 3. The molecule has 1 aliphatic rings. The van der Waals surface area contributed by atoms with E-state index in [0.29, 0.717) is 6.61 Å². The van der Waals surface area contributed by atoms with Gasteiger partial charge in [-0.2, -0.15) is 0 Å². The van der Waals surface area contributed by atoms with Gasteiger partial charge in [0.15, 0.2) is 5.60 Å². The van der Waals surface area contributed by atoms with Gasteiger partial charge in [-0.3, -0.25) is 0 Å². The van der Waals surface area contributed by atoms with Crippen molar-refractivity contribution in [2.75, 3.05) is 6.61 Å². The SMILES string of the molecule is CCCCCCCCC1(Oc2ccccc2)COC1(C)O. The molecule has 2 rings (SSSR count). The molecule has 21 heavy (non-hydrogen) atoms. The maximum atomic E-state index is 10.4. The summed E-state index contributed by atoms with van der Waals surface area (Å²) in [4.78, 5) is 0. The highest BCUT2D eigenvalue weighted by Gasteiger charge is 2.59. The largest absolute Gasteiger partial charge is 0.479 e. The Morgan fingerprint density at radius 3 is 2.33 bits per heavy atom. The van der Waals surface area contributed by atoms with E-state index in [-0.39, 0.29) is 0 Å². The van der Waals surface area contributed by atoms with Crippen LogP contribution < -0.4 is 4.74 Å². The third kappa shape index (κ3) is 3.98. The fourth-order valence-electron chi connectivity index (χ4n) is 2.83. The highest BCUT2D eigenvalue weighted by Crippen LogP contribution is 2.42. The molecule has 2 atom stereocenters. The van der Waals surface area contributed by atoms with Crippen LogP contribution in [0.5, 0.6) is 5.75 Å². The molecule has 0 saturated carbocycles. The smallest absolute Gasteiger partial charge is 0.205 e. The molecular weight excluding hydrogens is 264 g/mol. The van der Waals surface area contributed by atoms with Crippen molar-refractivity contribution in [3.63, 3.8) is 0 Å². The zero-order valence-corrected chi connectivity index (χ0v) is 13.3. The summed E-state index contributed by atoms with van der Waals surface area (Å²) in [6.07, 6.45) is 8.23. The van der Waals surface area contributed by atoms with Gasteiger partial charge in [-0.1, -0.05) is 57.2 Å². The van der Waals surface area contributed by atoms with Crippen LogP contribution in [0.2, 0.25) is 0 Å². The lowest BCUT2D eigenvalue weighted by Gasteiger charge is -2.53. The van der Waals surface area contributed by atoms with Crippen LogP contribution in [0, 0.1) is 0 Å². The van der Waals surface area contributed by atoms with E-state index in [0.717, 1.165) is 18.6 Å². The quantitative estimate of drug-likeness (QED) is 0.690. The Morgan fingerprint density at radius 2 is 1.76 bits per heavy atom. The zero-order valence-electron chi connectivity index (χ0n) is 13.3. The van der Waals surface area contributed by atoms with Gasteiger partial charge in [0.2, 0.25) is 5.79 Å². The molecule has 0 spiro atoms. The van der Waals surface area contributed by atoms with E-state index >= 15 is 0 Å². The number of hydrogen-bond donors (Lipinski definition) is 1. The van der Waals surface area contributed by atoms with Gasteiger partial charge in [0.1, 0.15) is 5.75 Å². The van der Waals surface area contributed by atoms with E-state index in [1.807, 2.05) is 30.3 Å². The molecule has 1 aromatic carbocycles. The van der Waals surface area contributed by atoms with Crippen LogP contribution in [0.25, 0.3) is 0 Å². The second-order valence-electron chi connectivity index (χ2n) is 6.20. The van der Waals surface area contributed by atoms with Gasteiger partial charge in [-0.15, -0.1) is 0 Å². The first-order valence-electron chi connectivity index (χ1n) is 8.20. The first-order chi connectivity index (χ1) is 10.1. The molecule has 1 fully saturated rings. The zero-order chi connectivity index (χ0) is 15.2. The Morgan fingerprint density at radius 1 is 1.10 bits per heavy atom. The Hall–Kier alpha value is -1.06. The van der Waals surface area contributed by atoms with Crippen LogP contribution in [0.15, 0.2) is 30.3 Å². The number of para-hydroxylation sites is 1. The Balaban J connectivity index is 1.87. The van der Waals surface area contributed by atoms with E-state index in [1.165, 1.54) is 32.1 Å². The van der Waals surface area contributed by atoms with Crippen molar-refractivity contribution in [3.8, 4) is 5.75 Å². The summed E-state index contributed by atoms with van der Waals surface area (Å²) in [6, 6.07) is 9.71. The minimum absolute atomic E-state index is 0.462. The summed E-state index contributed by atoms with van der Waals surface area (Å²) >= 11 is 0. The van der Waals surface area contributed by atoms with Crippen molar-refractivity contribution in [3.05, 3.63) is 30.3 Å². The van der Waals surface area contributed by atoms with Crippen molar-refractivity contribution >= 4 is 0 Å². The Kier molecular flexibility index (Phi) is 5.65. The van der Waals surface area contributed by atoms with Crippen LogP contribution >= 0.6 is 0 Å². The van der Waals surface area contributed by atoms with Crippen molar-refractivity contribution in [2.45, 2.75) is 70.2 Å². The third-order valence-corrected chi connectivity index (χ3v) is 4.42. The molecule has 118 valence electrons. The second-order valence-corrected chi connectivity index (χ2v) is 6.20. The predicted molar refractivity (Wildman–Crippen MR) is 84.4 cm³/mol. The average molecular weight is 292 g/mol. The summed E-state index contributed by atoms with van der Waals surface area (Å²) in [5.41, 5.74) is -0.598. The lowest BCUT2D eigenvalue weighted by Crippen LogP contribution is -2.70. The van der Waals surface area contributed by atoms with Crippen molar-refractivity contribution < 1.29 is 14.6 Å². The van der Waals surface area contributed by atoms with Crippen molar-refractivity contribution in [2.24, 2.45) is 0 Å².